The molecule has 0 saturated carbocycles. The van der Waals surface area contributed by atoms with Gasteiger partial charge in [-0.2, -0.15) is 0 Å². The SMILES string of the molecule is ON=CN1CCOCC1C1=Nc2ccc(Cl)cc2C(c2ccccc2F)=NC1. The third-order valence-electron chi connectivity index (χ3n) is 4.76. The largest absolute Gasteiger partial charge is 0.410 e. The lowest BCUT2D eigenvalue weighted by atomic mass is 10.0. The molecule has 2 aromatic rings. The summed E-state index contributed by atoms with van der Waals surface area (Å²) in [6.45, 7) is 1.77. The van der Waals surface area contributed by atoms with Gasteiger partial charge in [0.2, 0.25) is 0 Å². The van der Waals surface area contributed by atoms with Crippen LogP contribution in [-0.2, 0) is 4.74 Å². The predicted octanol–water partition coefficient (Wildman–Crippen LogP) is 3.52. The van der Waals surface area contributed by atoms with E-state index in [0.717, 1.165) is 5.71 Å². The van der Waals surface area contributed by atoms with Crippen molar-refractivity contribution in [2.75, 3.05) is 26.3 Å². The van der Waals surface area contributed by atoms with Crippen molar-refractivity contribution in [3.05, 3.63) is 64.4 Å². The third kappa shape index (κ3) is 3.63. The van der Waals surface area contributed by atoms with Crippen LogP contribution < -0.4 is 0 Å². The van der Waals surface area contributed by atoms with Gasteiger partial charge in [0.25, 0.3) is 0 Å². The van der Waals surface area contributed by atoms with Crippen molar-refractivity contribution >= 4 is 35.1 Å². The van der Waals surface area contributed by atoms with Crippen LogP contribution in [0.15, 0.2) is 57.6 Å². The minimum Gasteiger partial charge on any atom is -0.410 e. The Morgan fingerprint density at radius 2 is 2.11 bits per heavy atom. The summed E-state index contributed by atoms with van der Waals surface area (Å²) in [6, 6.07) is 11.6. The van der Waals surface area contributed by atoms with Crippen molar-refractivity contribution in [1.82, 2.24) is 4.90 Å². The first-order valence-corrected chi connectivity index (χ1v) is 9.23. The summed E-state index contributed by atoms with van der Waals surface area (Å²) in [7, 11) is 0. The molecular formula is C20H18ClFN4O2. The standard InChI is InChI=1S/C20H18ClFN4O2/c21-13-5-6-17-15(9-13)20(14-3-1-2-4-16(14)22)23-10-18(25-17)19-11-28-8-7-26(19)12-24-27/h1-6,9,12,19,27H,7-8,10-11H2. The molecule has 2 heterocycles. The summed E-state index contributed by atoms with van der Waals surface area (Å²) < 4.78 is 20.1. The molecule has 1 atom stereocenters. The van der Waals surface area contributed by atoms with Crippen LogP contribution in [-0.4, -0.2) is 60.2 Å². The van der Waals surface area contributed by atoms with Gasteiger partial charge in [0.1, 0.15) is 12.2 Å². The highest BCUT2D eigenvalue weighted by Gasteiger charge is 2.28. The molecule has 0 aromatic heterocycles. The zero-order valence-corrected chi connectivity index (χ0v) is 15.7. The summed E-state index contributed by atoms with van der Waals surface area (Å²) in [5, 5.41) is 12.6. The smallest absolute Gasteiger partial charge is 0.132 e. The number of hydrogen-bond donors (Lipinski definition) is 1. The fraction of sp³-hybridized carbons (Fsp3) is 0.250. The van der Waals surface area contributed by atoms with Crippen LogP contribution in [0.5, 0.6) is 0 Å². The van der Waals surface area contributed by atoms with Crippen LogP contribution in [0, 0.1) is 5.82 Å². The van der Waals surface area contributed by atoms with E-state index < -0.39 is 0 Å². The average molecular weight is 401 g/mol. The molecule has 0 radical (unpaired) electrons. The van der Waals surface area contributed by atoms with Gasteiger partial charge in [0.05, 0.1) is 42.9 Å². The maximum absolute atomic E-state index is 14.5. The summed E-state index contributed by atoms with van der Waals surface area (Å²) in [5.74, 6) is -0.356. The Morgan fingerprint density at radius 1 is 1.25 bits per heavy atom. The van der Waals surface area contributed by atoms with E-state index >= 15 is 0 Å². The molecule has 8 heteroatoms. The molecule has 1 N–H and O–H groups in total. The number of nitrogens with zero attached hydrogens (tertiary/aromatic N) is 4. The van der Waals surface area contributed by atoms with Gasteiger partial charge < -0.3 is 14.8 Å². The van der Waals surface area contributed by atoms with Crippen LogP contribution >= 0.6 is 11.6 Å². The average Bonchev–Trinajstić information content (AvgIpc) is 2.88. The molecule has 0 amide bonds. The number of hydrogen-bond acceptors (Lipinski definition) is 5. The molecule has 0 spiro atoms. The Kier molecular flexibility index (Phi) is 5.36. The minimum absolute atomic E-state index is 0.225. The van der Waals surface area contributed by atoms with Crippen molar-refractivity contribution in [1.29, 1.82) is 0 Å². The second-order valence-corrected chi connectivity index (χ2v) is 6.91. The zero-order valence-electron chi connectivity index (χ0n) is 14.9. The van der Waals surface area contributed by atoms with Crippen molar-refractivity contribution in [3.63, 3.8) is 0 Å². The van der Waals surface area contributed by atoms with E-state index in [1.807, 2.05) is 4.90 Å². The highest BCUT2D eigenvalue weighted by atomic mass is 35.5. The van der Waals surface area contributed by atoms with Gasteiger partial charge in [-0.1, -0.05) is 28.9 Å². The molecule has 28 heavy (non-hydrogen) atoms. The third-order valence-corrected chi connectivity index (χ3v) is 5.00. The lowest BCUT2D eigenvalue weighted by molar-refractivity contribution is 0.0499. The Labute approximate surface area is 166 Å². The molecule has 0 bridgehead atoms. The van der Waals surface area contributed by atoms with Crippen molar-refractivity contribution in [3.8, 4) is 0 Å². The maximum atomic E-state index is 14.5. The molecule has 2 aliphatic heterocycles. The van der Waals surface area contributed by atoms with E-state index in [2.05, 4.69) is 10.1 Å². The van der Waals surface area contributed by atoms with Gasteiger partial charge in [0, 0.05) is 22.7 Å². The second-order valence-electron chi connectivity index (χ2n) is 6.47. The summed E-state index contributed by atoms with van der Waals surface area (Å²) in [5.41, 5.74) is 2.98. The lowest BCUT2D eigenvalue weighted by Crippen LogP contribution is -2.49. The fourth-order valence-corrected chi connectivity index (χ4v) is 3.57. The normalized spacial score (nSPS) is 19.8. The number of morpholine rings is 1. The van der Waals surface area contributed by atoms with E-state index in [1.54, 1.807) is 36.4 Å². The van der Waals surface area contributed by atoms with Gasteiger partial charge in [-0.05, 0) is 30.3 Å². The van der Waals surface area contributed by atoms with E-state index in [0.29, 0.717) is 47.3 Å². The molecular weight excluding hydrogens is 383 g/mol. The van der Waals surface area contributed by atoms with E-state index in [4.69, 9.17) is 26.5 Å². The number of benzene rings is 2. The minimum atomic E-state index is -0.356. The van der Waals surface area contributed by atoms with E-state index in [-0.39, 0.29) is 18.4 Å². The maximum Gasteiger partial charge on any atom is 0.132 e. The number of ether oxygens (including phenoxy) is 1. The lowest BCUT2D eigenvalue weighted by Gasteiger charge is -2.34. The number of aliphatic imine (C=N–C) groups is 2. The molecule has 1 unspecified atom stereocenters. The molecule has 0 aliphatic carbocycles. The number of fused-ring (bicyclic) bond motifs is 1. The van der Waals surface area contributed by atoms with Crippen molar-refractivity contribution < 1.29 is 14.3 Å². The zero-order chi connectivity index (χ0) is 19.5. The molecule has 6 nitrogen and oxygen atoms in total. The Balaban J connectivity index is 1.81. The monoisotopic (exact) mass is 400 g/mol. The van der Waals surface area contributed by atoms with Crippen LogP contribution in [0.2, 0.25) is 5.02 Å². The first kappa shape index (κ1) is 18.6. The van der Waals surface area contributed by atoms with Crippen LogP contribution in [0.3, 0.4) is 0 Å². The molecule has 2 aromatic carbocycles. The summed E-state index contributed by atoms with van der Waals surface area (Å²) >= 11 is 6.20. The number of rotatable bonds is 3. The molecule has 1 saturated heterocycles. The number of halogens is 2. The summed E-state index contributed by atoms with van der Waals surface area (Å²) in [4.78, 5) is 11.3. The Hall–Kier alpha value is -2.77. The quantitative estimate of drug-likeness (QED) is 0.371. The molecule has 4 rings (SSSR count). The van der Waals surface area contributed by atoms with Gasteiger partial charge in [0.15, 0.2) is 0 Å². The fourth-order valence-electron chi connectivity index (χ4n) is 3.40. The molecule has 144 valence electrons. The predicted molar refractivity (Wildman–Crippen MR) is 107 cm³/mol. The highest BCUT2D eigenvalue weighted by Crippen LogP contribution is 2.30. The Bertz CT molecular complexity index is 976. The van der Waals surface area contributed by atoms with Gasteiger partial charge in [-0.3, -0.25) is 9.98 Å². The van der Waals surface area contributed by atoms with Gasteiger partial charge >= 0.3 is 0 Å². The summed E-state index contributed by atoms with van der Waals surface area (Å²) in [6.07, 6.45) is 1.37. The number of oxime groups is 1. The topological polar surface area (TPSA) is 69.8 Å². The molecule has 1 fully saturated rings. The van der Waals surface area contributed by atoms with Gasteiger partial charge in [-0.25, -0.2) is 4.39 Å². The van der Waals surface area contributed by atoms with E-state index in [9.17, 15) is 4.39 Å². The first-order valence-electron chi connectivity index (χ1n) is 8.85. The second kappa shape index (κ2) is 8.08. The van der Waals surface area contributed by atoms with Crippen LogP contribution in [0.1, 0.15) is 11.1 Å². The van der Waals surface area contributed by atoms with Gasteiger partial charge in [-0.15, -0.1) is 0 Å². The Morgan fingerprint density at radius 3 is 2.93 bits per heavy atom. The van der Waals surface area contributed by atoms with Crippen molar-refractivity contribution in [2.24, 2.45) is 15.1 Å². The van der Waals surface area contributed by atoms with E-state index in [1.165, 1.54) is 12.4 Å². The van der Waals surface area contributed by atoms with Crippen LogP contribution in [0.25, 0.3) is 0 Å². The van der Waals surface area contributed by atoms with Crippen LogP contribution in [0.4, 0.5) is 10.1 Å². The first-order chi connectivity index (χ1) is 13.7. The molecule has 2 aliphatic rings. The van der Waals surface area contributed by atoms with Crippen molar-refractivity contribution in [2.45, 2.75) is 6.04 Å². The highest BCUT2D eigenvalue weighted by molar-refractivity contribution is 6.31.